The monoisotopic (exact) mass is 586 g/mol. The fourth-order valence-corrected chi connectivity index (χ4v) is 5.29. The summed E-state index contributed by atoms with van der Waals surface area (Å²) < 4.78 is 75.6. The van der Waals surface area contributed by atoms with E-state index in [1.807, 2.05) is 9.80 Å². The summed E-state index contributed by atoms with van der Waals surface area (Å²) >= 11 is 0. The quantitative estimate of drug-likeness (QED) is 0.405. The first-order valence-electron chi connectivity index (χ1n) is 13.1. The van der Waals surface area contributed by atoms with Crippen LogP contribution in [0.1, 0.15) is 22.4 Å². The van der Waals surface area contributed by atoms with Gasteiger partial charge in [-0.25, -0.2) is 15.1 Å². The lowest BCUT2D eigenvalue weighted by Crippen LogP contribution is -2.57. The standard InChI is InChI=1S/C25H28F6N8O2/c26-24(27,28)3-1-4-36-5-2-18-19(14-36)20(34-35-21(18)40)15-37-12-16(13-37)22(41)38-6-8-39(9-7-38)23-32-10-17(11-33-23)25(29,30)31/h1,3,10-11,16H,2,4-9,12-15H2,(H,35,40)/b3-1+. The molecule has 2 fully saturated rings. The lowest BCUT2D eigenvalue weighted by Gasteiger charge is -2.43. The number of hydrogen-bond donors (Lipinski definition) is 1. The third kappa shape index (κ3) is 6.86. The molecule has 2 saturated heterocycles. The summed E-state index contributed by atoms with van der Waals surface area (Å²) in [6, 6.07) is 0. The number of carbonyl (C=O) groups is 1. The van der Waals surface area contributed by atoms with E-state index in [4.69, 9.17) is 0 Å². The van der Waals surface area contributed by atoms with Crippen LogP contribution in [-0.4, -0.2) is 99.3 Å². The highest BCUT2D eigenvalue weighted by molar-refractivity contribution is 5.80. The van der Waals surface area contributed by atoms with E-state index in [-0.39, 0.29) is 36.0 Å². The fraction of sp³-hybridized carbons (Fsp3) is 0.560. The van der Waals surface area contributed by atoms with E-state index in [0.29, 0.717) is 76.6 Å². The zero-order valence-electron chi connectivity index (χ0n) is 21.9. The van der Waals surface area contributed by atoms with Gasteiger partial charge in [-0.15, -0.1) is 0 Å². The van der Waals surface area contributed by atoms with Gasteiger partial charge in [0.25, 0.3) is 5.56 Å². The van der Waals surface area contributed by atoms with E-state index in [1.54, 1.807) is 9.80 Å². The minimum absolute atomic E-state index is 0.00618. The third-order valence-corrected chi connectivity index (χ3v) is 7.53. The number of nitrogens with zero attached hydrogens (tertiary/aromatic N) is 7. The number of nitrogens with one attached hydrogen (secondary N) is 1. The molecule has 0 saturated carbocycles. The number of aromatic nitrogens is 4. The molecular formula is C25H28F6N8O2. The Morgan fingerprint density at radius 1 is 0.976 bits per heavy atom. The van der Waals surface area contributed by atoms with Gasteiger partial charge in [-0.2, -0.15) is 31.4 Å². The van der Waals surface area contributed by atoms with Crippen molar-refractivity contribution < 1.29 is 31.1 Å². The fourth-order valence-electron chi connectivity index (χ4n) is 5.29. The zero-order valence-corrected chi connectivity index (χ0v) is 21.9. The number of anilines is 1. The number of alkyl halides is 6. The van der Waals surface area contributed by atoms with Gasteiger partial charge in [-0.3, -0.25) is 19.4 Å². The van der Waals surface area contributed by atoms with Gasteiger partial charge >= 0.3 is 12.4 Å². The van der Waals surface area contributed by atoms with Crippen LogP contribution in [0.2, 0.25) is 0 Å². The first kappa shape index (κ1) is 29.0. The molecule has 2 aromatic rings. The average Bonchev–Trinajstić information content (AvgIpc) is 2.90. The summed E-state index contributed by atoms with van der Waals surface area (Å²) in [5.41, 5.74) is 0.732. The minimum atomic E-state index is -4.51. The maximum absolute atomic E-state index is 13.0. The first-order valence-corrected chi connectivity index (χ1v) is 13.1. The molecule has 1 amide bonds. The van der Waals surface area contributed by atoms with Crippen molar-refractivity contribution in [2.24, 2.45) is 5.92 Å². The van der Waals surface area contributed by atoms with E-state index in [0.717, 1.165) is 24.0 Å². The summed E-state index contributed by atoms with van der Waals surface area (Å²) in [6.45, 7) is 3.85. The molecule has 3 aliphatic rings. The van der Waals surface area contributed by atoms with Crippen LogP contribution in [0.3, 0.4) is 0 Å². The van der Waals surface area contributed by atoms with Crippen LogP contribution in [0.4, 0.5) is 32.3 Å². The second-order valence-electron chi connectivity index (χ2n) is 10.4. The normalized spacial score (nSPS) is 19.5. The number of halogens is 6. The maximum atomic E-state index is 13.0. The maximum Gasteiger partial charge on any atom is 0.419 e. The van der Waals surface area contributed by atoms with Crippen LogP contribution in [0.25, 0.3) is 0 Å². The molecule has 5 rings (SSSR count). The molecule has 0 aromatic carbocycles. The van der Waals surface area contributed by atoms with E-state index in [2.05, 4.69) is 20.2 Å². The number of amides is 1. The van der Waals surface area contributed by atoms with Gasteiger partial charge in [0.15, 0.2) is 0 Å². The van der Waals surface area contributed by atoms with Crippen LogP contribution in [-0.2, 0) is 30.5 Å². The molecule has 5 heterocycles. The molecule has 0 bridgehead atoms. The van der Waals surface area contributed by atoms with Gasteiger partial charge in [0.05, 0.1) is 17.2 Å². The molecule has 0 unspecified atom stereocenters. The number of likely N-dealkylation sites (tertiary alicyclic amines) is 1. The van der Waals surface area contributed by atoms with Crippen molar-refractivity contribution >= 4 is 11.9 Å². The predicted octanol–water partition coefficient (Wildman–Crippen LogP) is 1.84. The Kier molecular flexibility index (Phi) is 8.05. The summed E-state index contributed by atoms with van der Waals surface area (Å²) in [4.78, 5) is 40.3. The number of allylic oxidation sites excluding steroid dienone is 1. The Labute approximate surface area is 230 Å². The van der Waals surface area contributed by atoms with Crippen LogP contribution in [0, 0.1) is 5.92 Å². The van der Waals surface area contributed by atoms with Crippen molar-refractivity contribution in [3.05, 3.63) is 57.3 Å². The largest absolute Gasteiger partial charge is 0.419 e. The highest BCUT2D eigenvalue weighted by Crippen LogP contribution is 2.29. The van der Waals surface area contributed by atoms with E-state index >= 15 is 0 Å². The molecule has 0 aliphatic carbocycles. The van der Waals surface area contributed by atoms with Gasteiger partial charge in [-0.1, -0.05) is 6.08 Å². The van der Waals surface area contributed by atoms with Crippen molar-refractivity contribution in [3.63, 3.8) is 0 Å². The molecule has 222 valence electrons. The van der Waals surface area contributed by atoms with Crippen LogP contribution < -0.4 is 10.5 Å². The summed E-state index contributed by atoms with van der Waals surface area (Å²) in [6.07, 6.45) is -5.71. The van der Waals surface area contributed by atoms with Gasteiger partial charge in [0, 0.05) is 89.5 Å². The second kappa shape index (κ2) is 11.4. The van der Waals surface area contributed by atoms with Crippen molar-refractivity contribution in [1.29, 1.82) is 0 Å². The Bertz CT molecular complexity index is 1330. The van der Waals surface area contributed by atoms with Crippen molar-refractivity contribution in [1.82, 2.24) is 34.9 Å². The highest BCUT2D eigenvalue weighted by atomic mass is 19.4. The van der Waals surface area contributed by atoms with Crippen molar-refractivity contribution in [2.45, 2.75) is 31.9 Å². The predicted molar refractivity (Wildman–Crippen MR) is 134 cm³/mol. The molecule has 0 atom stereocenters. The Morgan fingerprint density at radius 2 is 1.66 bits per heavy atom. The molecule has 1 N–H and O–H groups in total. The van der Waals surface area contributed by atoms with Gasteiger partial charge in [0.1, 0.15) is 0 Å². The average molecular weight is 587 g/mol. The molecule has 10 nitrogen and oxygen atoms in total. The lowest BCUT2D eigenvalue weighted by molar-refractivity contribution is -0.142. The zero-order chi connectivity index (χ0) is 29.4. The van der Waals surface area contributed by atoms with E-state index in [9.17, 15) is 35.9 Å². The van der Waals surface area contributed by atoms with Crippen molar-refractivity contribution in [2.75, 3.05) is 57.3 Å². The SMILES string of the molecule is O=C(C1CN(Cc2n[nH]c(=O)c3c2CN(C/C=C/C(F)(F)F)CC3)C1)N1CCN(c2ncc(C(F)(F)F)cn2)CC1. The van der Waals surface area contributed by atoms with Crippen LogP contribution >= 0.6 is 0 Å². The summed E-state index contributed by atoms with van der Waals surface area (Å²) in [5.74, 6) is -0.0358. The third-order valence-electron chi connectivity index (χ3n) is 7.53. The Balaban J connectivity index is 1.12. The van der Waals surface area contributed by atoms with E-state index in [1.165, 1.54) is 0 Å². The molecule has 0 radical (unpaired) electrons. The van der Waals surface area contributed by atoms with Crippen LogP contribution in [0.15, 0.2) is 29.3 Å². The topological polar surface area (TPSA) is 102 Å². The highest BCUT2D eigenvalue weighted by Gasteiger charge is 2.38. The molecule has 41 heavy (non-hydrogen) atoms. The number of piperazine rings is 1. The lowest BCUT2D eigenvalue weighted by atomic mass is 9.95. The smallest absolute Gasteiger partial charge is 0.339 e. The number of carbonyl (C=O) groups excluding carboxylic acids is 1. The second-order valence-corrected chi connectivity index (χ2v) is 10.4. The molecule has 2 aromatic heterocycles. The van der Waals surface area contributed by atoms with Gasteiger partial charge in [-0.05, 0) is 12.0 Å². The molecule has 16 heteroatoms. The van der Waals surface area contributed by atoms with Gasteiger partial charge in [0.2, 0.25) is 11.9 Å². The number of H-pyrrole nitrogens is 1. The van der Waals surface area contributed by atoms with Crippen molar-refractivity contribution in [3.8, 4) is 0 Å². The van der Waals surface area contributed by atoms with Gasteiger partial charge < -0.3 is 9.80 Å². The minimum Gasteiger partial charge on any atom is -0.339 e. The number of hydrogen-bond acceptors (Lipinski definition) is 8. The molecule has 3 aliphatic heterocycles. The number of aromatic amines is 1. The Hall–Kier alpha value is -3.53. The number of fused-ring (bicyclic) bond motifs is 1. The Morgan fingerprint density at radius 3 is 2.29 bits per heavy atom. The first-order chi connectivity index (χ1) is 19.4. The number of rotatable bonds is 6. The van der Waals surface area contributed by atoms with E-state index < -0.39 is 17.9 Å². The molecule has 0 spiro atoms. The molecular weight excluding hydrogens is 558 g/mol. The summed E-state index contributed by atoms with van der Waals surface area (Å²) in [5, 5.41) is 6.72. The summed E-state index contributed by atoms with van der Waals surface area (Å²) in [7, 11) is 0. The van der Waals surface area contributed by atoms with Crippen LogP contribution in [0.5, 0.6) is 0 Å².